The van der Waals surface area contributed by atoms with Crippen LogP contribution in [0.4, 0.5) is 4.79 Å². The van der Waals surface area contributed by atoms with Crippen molar-refractivity contribution in [1.82, 2.24) is 29.8 Å². The van der Waals surface area contributed by atoms with Gasteiger partial charge in [0.25, 0.3) is 5.56 Å². The molecule has 0 saturated heterocycles. The number of ether oxygens (including phenoxy) is 1. The number of benzene rings is 2. The molecule has 4 aromatic rings. The molecule has 0 spiro atoms. The summed E-state index contributed by atoms with van der Waals surface area (Å²) >= 11 is 1.30. The Labute approximate surface area is 204 Å². The minimum atomic E-state index is -0.502. The van der Waals surface area contributed by atoms with Crippen LogP contribution < -0.4 is 16.2 Å². The highest BCUT2D eigenvalue weighted by molar-refractivity contribution is 7.99. The molecule has 0 saturated carbocycles. The van der Waals surface area contributed by atoms with E-state index in [2.05, 4.69) is 20.8 Å². The number of amides is 2. The van der Waals surface area contributed by atoms with Crippen molar-refractivity contribution >= 4 is 40.4 Å². The number of hydrogen-bond donors (Lipinski definition) is 2. The zero-order valence-electron chi connectivity index (χ0n) is 19.0. The number of urea groups is 1. The van der Waals surface area contributed by atoms with Crippen molar-refractivity contribution in [3.8, 4) is 5.69 Å². The third kappa shape index (κ3) is 4.03. The number of nitrogens with zero attached hydrogens (tertiary/aromatic N) is 4. The van der Waals surface area contributed by atoms with Gasteiger partial charge in [-0.1, -0.05) is 42.1 Å². The van der Waals surface area contributed by atoms with Crippen LogP contribution in [0.5, 0.6) is 0 Å². The SMILES string of the molecule is CCOC(=O)C1=C(CSc2nnc3n(-c4ccccc4)c(=O)c4ccccc4n23)NC(=O)N[C@@H]1C. The summed E-state index contributed by atoms with van der Waals surface area (Å²) in [4.78, 5) is 38.0. The van der Waals surface area contributed by atoms with E-state index in [1.165, 1.54) is 16.3 Å². The van der Waals surface area contributed by atoms with Crippen molar-refractivity contribution in [3.63, 3.8) is 0 Å². The van der Waals surface area contributed by atoms with Crippen LogP contribution in [-0.2, 0) is 9.53 Å². The molecule has 1 atom stereocenters. The lowest BCUT2D eigenvalue weighted by Gasteiger charge is -2.26. The van der Waals surface area contributed by atoms with Gasteiger partial charge in [0.1, 0.15) is 0 Å². The van der Waals surface area contributed by atoms with Crippen molar-refractivity contribution in [3.05, 3.63) is 76.2 Å². The van der Waals surface area contributed by atoms with E-state index in [1.54, 1.807) is 19.9 Å². The molecule has 178 valence electrons. The molecule has 11 heteroatoms. The van der Waals surface area contributed by atoms with Crippen LogP contribution in [0, 0.1) is 0 Å². The van der Waals surface area contributed by atoms with E-state index in [1.807, 2.05) is 52.9 Å². The molecule has 0 unspecified atom stereocenters. The minimum Gasteiger partial charge on any atom is -0.463 e. The molecule has 35 heavy (non-hydrogen) atoms. The number of esters is 1. The quantitative estimate of drug-likeness (QED) is 0.315. The van der Waals surface area contributed by atoms with Gasteiger partial charge >= 0.3 is 12.0 Å². The summed E-state index contributed by atoms with van der Waals surface area (Å²) < 4.78 is 8.53. The van der Waals surface area contributed by atoms with Gasteiger partial charge in [-0.3, -0.25) is 9.20 Å². The van der Waals surface area contributed by atoms with Crippen LogP contribution in [0.1, 0.15) is 13.8 Å². The lowest BCUT2D eigenvalue weighted by Crippen LogP contribution is -2.49. The average Bonchev–Trinajstić information content (AvgIpc) is 3.27. The molecule has 0 radical (unpaired) electrons. The molecule has 1 aliphatic rings. The Hall–Kier alpha value is -4.12. The number of thioether (sulfide) groups is 1. The summed E-state index contributed by atoms with van der Waals surface area (Å²) in [6, 6.07) is 15.6. The fourth-order valence-corrected chi connectivity index (χ4v) is 5.02. The second-order valence-corrected chi connectivity index (χ2v) is 8.78. The van der Waals surface area contributed by atoms with Gasteiger partial charge in [-0.15, -0.1) is 10.2 Å². The first-order valence-electron chi connectivity index (χ1n) is 11.0. The van der Waals surface area contributed by atoms with E-state index in [0.29, 0.717) is 38.8 Å². The highest BCUT2D eigenvalue weighted by Gasteiger charge is 2.30. The van der Waals surface area contributed by atoms with Crippen molar-refractivity contribution in [1.29, 1.82) is 0 Å². The molecule has 3 heterocycles. The molecule has 2 amide bonds. The molecular formula is C24H22N6O4S. The Morgan fingerprint density at radius 3 is 2.60 bits per heavy atom. The summed E-state index contributed by atoms with van der Waals surface area (Å²) in [5, 5.41) is 15.1. The molecule has 0 fully saturated rings. The fraction of sp³-hybridized carbons (Fsp3) is 0.208. The van der Waals surface area contributed by atoms with Crippen LogP contribution in [0.15, 0.2) is 75.8 Å². The van der Waals surface area contributed by atoms with Crippen molar-refractivity contribution in [2.75, 3.05) is 12.4 Å². The third-order valence-electron chi connectivity index (χ3n) is 5.62. The third-order valence-corrected chi connectivity index (χ3v) is 6.58. The molecule has 0 aliphatic carbocycles. The number of para-hydroxylation sites is 2. The Balaban J connectivity index is 1.63. The monoisotopic (exact) mass is 490 g/mol. The molecule has 2 aromatic heterocycles. The molecule has 0 bridgehead atoms. The number of carbonyl (C=O) groups excluding carboxylic acids is 2. The van der Waals surface area contributed by atoms with Crippen LogP contribution >= 0.6 is 11.8 Å². The number of aromatic nitrogens is 4. The zero-order valence-corrected chi connectivity index (χ0v) is 19.8. The van der Waals surface area contributed by atoms with Crippen molar-refractivity contribution in [2.45, 2.75) is 25.0 Å². The number of carbonyl (C=O) groups is 2. The van der Waals surface area contributed by atoms with E-state index in [9.17, 15) is 14.4 Å². The van der Waals surface area contributed by atoms with Gasteiger partial charge in [-0.05, 0) is 38.1 Å². The second kappa shape index (κ2) is 9.26. The fourth-order valence-electron chi connectivity index (χ4n) is 4.11. The standard InChI is InChI=1S/C24H22N6O4S/c1-3-34-21(32)19-14(2)25-22(33)26-17(19)13-35-24-28-27-23-29(15-9-5-4-6-10-15)20(31)16-11-7-8-12-18(16)30(23)24/h4-12,14H,3,13H2,1-2H3,(H2,25,26,33)/t14-/m1/s1. The number of rotatable bonds is 6. The molecule has 2 N–H and O–H groups in total. The van der Waals surface area contributed by atoms with Crippen LogP contribution in [0.2, 0.25) is 0 Å². The molecule has 5 rings (SSSR count). The van der Waals surface area contributed by atoms with E-state index in [0.717, 1.165) is 0 Å². The van der Waals surface area contributed by atoms with E-state index >= 15 is 0 Å². The van der Waals surface area contributed by atoms with Gasteiger partial charge in [-0.2, -0.15) is 0 Å². The highest BCUT2D eigenvalue weighted by Crippen LogP contribution is 2.26. The number of nitrogens with one attached hydrogen (secondary N) is 2. The largest absolute Gasteiger partial charge is 0.463 e. The van der Waals surface area contributed by atoms with Gasteiger partial charge in [0.2, 0.25) is 5.78 Å². The van der Waals surface area contributed by atoms with E-state index < -0.39 is 18.0 Å². The van der Waals surface area contributed by atoms with Crippen LogP contribution in [0.25, 0.3) is 22.4 Å². The Morgan fingerprint density at radius 1 is 1.09 bits per heavy atom. The maximum Gasteiger partial charge on any atom is 0.337 e. The smallest absolute Gasteiger partial charge is 0.337 e. The van der Waals surface area contributed by atoms with Crippen molar-refractivity contribution < 1.29 is 14.3 Å². The topological polar surface area (TPSA) is 120 Å². The van der Waals surface area contributed by atoms with Gasteiger partial charge in [0.15, 0.2) is 5.16 Å². The Morgan fingerprint density at radius 2 is 1.83 bits per heavy atom. The van der Waals surface area contributed by atoms with Gasteiger partial charge in [-0.25, -0.2) is 14.2 Å². The van der Waals surface area contributed by atoms with Gasteiger partial charge in [0.05, 0.1) is 34.8 Å². The Kier molecular flexibility index (Phi) is 6.00. The lowest BCUT2D eigenvalue weighted by atomic mass is 10.1. The number of hydrogen-bond acceptors (Lipinski definition) is 7. The van der Waals surface area contributed by atoms with Gasteiger partial charge < -0.3 is 15.4 Å². The maximum absolute atomic E-state index is 13.4. The first-order valence-corrected chi connectivity index (χ1v) is 12.0. The maximum atomic E-state index is 13.4. The van der Waals surface area contributed by atoms with Crippen molar-refractivity contribution in [2.24, 2.45) is 0 Å². The predicted octanol–water partition coefficient (Wildman–Crippen LogP) is 2.64. The average molecular weight is 491 g/mol. The summed E-state index contributed by atoms with van der Waals surface area (Å²) in [5.41, 5.74) is 1.94. The molecule has 10 nitrogen and oxygen atoms in total. The first-order chi connectivity index (χ1) is 17.0. The highest BCUT2D eigenvalue weighted by atomic mass is 32.2. The number of fused-ring (bicyclic) bond motifs is 3. The second-order valence-electron chi connectivity index (χ2n) is 7.83. The molecule has 1 aliphatic heterocycles. The van der Waals surface area contributed by atoms with E-state index in [4.69, 9.17) is 4.74 Å². The van der Waals surface area contributed by atoms with Gasteiger partial charge in [0, 0.05) is 11.4 Å². The molecular weight excluding hydrogens is 468 g/mol. The summed E-state index contributed by atoms with van der Waals surface area (Å²) in [7, 11) is 0. The minimum absolute atomic E-state index is 0.199. The Bertz CT molecular complexity index is 1540. The van der Waals surface area contributed by atoms with E-state index in [-0.39, 0.29) is 17.9 Å². The molecule has 2 aromatic carbocycles. The van der Waals surface area contributed by atoms with Crippen LogP contribution in [-0.4, -0.2) is 49.6 Å². The summed E-state index contributed by atoms with van der Waals surface area (Å²) in [5.74, 6) is 0.119. The first kappa shape index (κ1) is 22.7. The normalized spacial score (nSPS) is 15.8. The predicted molar refractivity (Wildman–Crippen MR) is 132 cm³/mol. The van der Waals surface area contributed by atoms with Crippen LogP contribution in [0.3, 0.4) is 0 Å². The summed E-state index contributed by atoms with van der Waals surface area (Å²) in [6.45, 7) is 3.68. The summed E-state index contributed by atoms with van der Waals surface area (Å²) in [6.07, 6.45) is 0. The lowest BCUT2D eigenvalue weighted by molar-refractivity contribution is -0.138. The zero-order chi connectivity index (χ0) is 24.5.